The maximum atomic E-state index is 12.9. The van der Waals surface area contributed by atoms with Crippen LogP contribution in [0.4, 0.5) is 0 Å². The first-order valence-electron chi connectivity index (χ1n) is 30.8. The van der Waals surface area contributed by atoms with Crippen molar-refractivity contribution in [2.45, 2.75) is 322 Å². The van der Waals surface area contributed by atoms with Crippen LogP contribution in [-0.2, 0) is 28.6 Å². The number of allylic oxidation sites excluding steroid dienone is 10. The largest absolute Gasteiger partial charge is 0.462 e. The number of ether oxygens (including phenoxy) is 3. The molecule has 1 atom stereocenters. The van der Waals surface area contributed by atoms with E-state index in [4.69, 9.17) is 14.2 Å². The van der Waals surface area contributed by atoms with Gasteiger partial charge >= 0.3 is 17.9 Å². The van der Waals surface area contributed by atoms with Gasteiger partial charge in [0.05, 0.1) is 0 Å². The molecule has 0 aromatic carbocycles. The molecule has 0 spiro atoms. The molecule has 0 aromatic heterocycles. The Balaban J connectivity index is 4.39. The van der Waals surface area contributed by atoms with Gasteiger partial charge in [0.25, 0.3) is 0 Å². The Morgan fingerprint density at radius 2 is 0.507 bits per heavy atom. The van der Waals surface area contributed by atoms with E-state index in [-0.39, 0.29) is 31.1 Å². The van der Waals surface area contributed by atoms with Crippen molar-refractivity contribution in [2.24, 2.45) is 0 Å². The van der Waals surface area contributed by atoms with Crippen LogP contribution < -0.4 is 0 Å². The SMILES string of the molecule is CCCCC/C=C\C/C=C\C/C=C\CCCCC(=O)OC[C@H](COC(=O)CCCCCCCCCCC/C=C\C/C=C\CCCCC)OC(=O)CCCCCCCCCCCCCCCCCCCCC. The second kappa shape index (κ2) is 59.7. The summed E-state index contributed by atoms with van der Waals surface area (Å²) in [5.74, 6) is -0.913. The van der Waals surface area contributed by atoms with E-state index in [1.165, 1.54) is 199 Å². The van der Waals surface area contributed by atoms with Crippen molar-refractivity contribution in [1.82, 2.24) is 0 Å². The Hall–Kier alpha value is -2.89. The molecular formula is C65H116O6. The molecule has 0 rings (SSSR count). The summed E-state index contributed by atoms with van der Waals surface area (Å²) < 4.78 is 16.9. The predicted molar refractivity (Wildman–Crippen MR) is 307 cm³/mol. The Labute approximate surface area is 440 Å². The first-order chi connectivity index (χ1) is 35.0. The van der Waals surface area contributed by atoms with Crippen molar-refractivity contribution in [1.29, 1.82) is 0 Å². The van der Waals surface area contributed by atoms with E-state index in [1.54, 1.807) is 0 Å². The summed E-state index contributed by atoms with van der Waals surface area (Å²) in [5, 5.41) is 0. The van der Waals surface area contributed by atoms with Crippen LogP contribution in [0.15, 0.2) is 60.8 Å². The summed E-state index contributed by atoms with van der Waals surface area (Å²) in [7, 11) is 0. The van der Waals surface area contributed by atoms with E-state index in [2.05, 4.69) is 81.5 Å². The summed E-state index contributed by atoms with van der Waals surface area (Å²) in [4.78, 5) is 38.2. The summed E-state index contributed by atoms with van der Waals surface area (Å²) in [5.41, 5.74) is 0. The molecular weight excluding hydrogens is 877 g/mol. The van der Waals surface area contributed by atoms with Crippen molar-refractivity contribution in [3.63, 3.8) is 0 Å². The Bertz CT molecular complexity index is 1280. The van der Waals surface area contributed by atoms with Gasteiger partial charge in [0.15, 0.2) is 6.10 Å². The van der Waals surface area contributed by atoms with Gasteiger partial charge in [0.2, 0.25) is 0 Å². The van der Waals surface area contributed by atoms with Gasteiger partial charge in [-0.25, -0.2) is 0 Å². The Morgan fingerprint density at radius 3 is 0.845 bits per heavy atom. The van der Waals surface area contributed by atoms with Gasteiger partial charge < -0.3 is 14.2 Å². The highest BCUT2D eigenvalue weighted by Gasteiger charge is 2.19. The van der Waals surface area contributed by atoms with Gasteiger partial charge in [0.1, 0.15) is 13.2 Å². The van der Waals surface area contributed by atoms with Gasteiger partial charge in [-0.1, -0.05) is 268 Å². The molecule has 0 aliphatic heterocycles. The molecule has 0 radical (unpaired) electrons. The lowest BCUT2D eigenvalue weighted by atomic mass is 10.0. The molecule has 71 heavy (non-hydrogen) atoms. The fraction of sp³-hybridized carbons (Fsp3) is 0.800. The summed E-state index contributed by atoms with van der Waals surface area (Å²) >= 11 is 0. The lowest BCUT2D eigenvalue weighted by Gasteiger charge is -2.18. The summed E-state index contributed by atoms with van der Waals surface area (Å²) in [6.45, 7) is 6.59. The van der Waals surface area contributed by atoms with Crippen LogP contribution in [0, 0.1) is 0 Å². The first-order valence-corrected chi connectivity index (χ1v) is 30.8. The van der Waals surface area contributed by atoms with E-state index in [0.29, 0.717) is 19.3 Å². The third kappa shape index (κ3) is 57.9. The average Bonchev–Trinajstić information content (AvgIpc) is 3.37. The Morgan fingerprint density at radius 1 is 0.282 bits per heavy atom. The predicted octanol–water partition coefficient (Wildman–Crippen LogP) is 20.8. The topological polar surface area (TPSA) is 78.9 Å². The van der Waals surface area contributed by atoms with Gasteiger partial charge in [-0.2, -0.15) is 0 Å². The van der Waals surface area contributed by atoms with Gasteiger partial charge in [0, 0.05) is 19.3 Å². The molecule has 412 valence electrons. The molecule has 0 saturated heterocycles. The number of unbranched alkanes of at least 4 members (excludes halogenated alkanes) is 35. The maximum absolute atomic E-state index is 12.9. The monoisotopic (exact) mass is 993 g/mol. The zero-order chi connectivity index (χ0) is 51.4. The maximum Gasteiger partial charge on any atom is 0.306 e. The van der Waals surface area contributed by atoms with E-state index >= 15 is 0 Å². The highest BCUT2D eigenvalue weighted by molar-refractivity contribution is 5.71. The van der Waals surface area contributed by atoms with Crippen molar-refractivity contribution < 1.29 is 28.6 Å². The van der Waals surface area contributed by atoms with E-state index in [1.807, 2.05) is 0 Å². The van der Waals surface area contributed by atoms with Crippen LogP contribution in [0.3, 0.4) is 0 Å². The zero-order valence-corrected chi connectivity index (χ0v) is 47.2. The third-order valence-corrected chi connectivity index (χ3v) is 13.5. The molecule has 0 aliphatic carbocycles. The Kier molecular flexibility index (Phi) is 57.2. The molecule has 0 aliphatic rings. The molecule has 0 aromatic rings. The molecule has 0 bridgehead atoms. The van der Waals surface area contributed by atoms with E-state index in [9.17, 15) is 14.4 Å². The zero-order valence-electron chi connectivity index (χ0n) is 47.2. The first kappa shape index (κ1) is 68.1. The minimum absolute atomic E-state index is 0.0858. The molecule has 6 heteroatoms. The summed E-state index contributed by atoms with van der Waals surface area (Å²) in [6.07, 6.45) is 75.0. The minimum atomic E-state index is -0.790. The number of rotatable bonds is 56. The molecule has 6 nitrogen and oxygen atoms in total. The second-order valence-corrected chi connectivity index (χ2v) is 20.6. The van der Waals surface area contributed by atoms with E-state index in [0.717, 1.165) is 77.0 Å². The van der Waals surface area contributed by atoms with Gasteiger partial charge in [-0.3, -0.25) is 14.4 Å². The fourth-order valence-electron chi connectivity index (χ4n) is 8.83. The number of hydrogen-bond acceptors (Lipinski definition) is 6. The van der Waals surface area contributed by atoms with Crippen LogP contribution in [0.5, 0.6) is 0 Å². The van der Waals surface area contributed by atoms with Crippen molar-refractivity contribution in [3.8, 4) is 0 Å². The van der Waals surface area contributed by atoms with Crippen molar-refractivity contribution in [2.75, 3.05) is 13.2 Å². The molecule has 0 N–H and O–H groups in total. The molecule has 0 fully saturated rings. The fourth-order valence-corrected chi connectivity index (χ4v) is 8.83. The van der Waals surface area contributed by atoms with Gasteiger partial charge in [-0.15, -0.1) is 0 Å². The number of hydrogen-bond donors (Lipinski definition) is 0. The standard InChI is InChI=1S/C65H116O6/c1-4-7-10-13-16-19-22-25-28-30-32-34-37-40-43-46-49-52-55-58-64(67)70-61-62(60-69-63(66)57-54-51-48-45-42-39-36-27-24-21-18-15-12-9-6-3)71-65(68)59-56-53-50-47-44-41-38-35-33-31-29-26-23-20-17-14-11-8-5-2/h16,18-19,21,25,27-28,36,42,45,62H,4-15,17,20,22-24,26,29-35,37-41,43-44,46-61H2,1-3H3/b19-16-,21-18-,28-25-,36-27-,45-42-/t62-/m1/s1. The van der Waals surface area contributed by atoms with Crippen LogP contribution in [-0.4, -0.2) is 37.2 Å². The van der Waals surface area contributed by atoms with Gasteiger partial charge in [-0.05, 0) is 89.9 Å². The molecule has 0 unspecified atom stereocenters. The molecule has 0 amide bonds. The lowest BCUT2D eigenvalue weighted by molar-refractivity contribution is -0.167. The smallest absolute Gasteiger partial charge is 0.306 e. The normalized spacial score (nSPS) is 12.4. The van der Waals surface area contributed by atoms with E-state index < -0.39 is 6.10 Å². The number of carbonyl (C=O) groups excluding carboxylic acids is 3. The van der Waals surface area contributed by atoms with Crippen molar-refractivity contribution in [3.05, 3.63) is 60.8 Å². The quantitative estimate of drug-likeness (QED) is 0.0261. The number of carbonyl (C=O) groups is 3. The third-order valence-electron chi connectivity index (χ3n) is 13.5. The number of esters is 3. The summed E-state index contributed by atoms with van der Waals surface area (Å²) in [6, 6.07) is 0. The minimum Gasteiger partial charge on any atom is -0.462 e. The van der Waals surface area contributed by atoms with Crippen LogP contribution in [0.25, 0.3) is 0 Å². The molecule has 0 saturated carbocycles. The highest BCUT2D eigenvalue weighted by atomic mass is 16.6. The van der Waals surface area contributed by atoms with Crippen LogP contribution in [0.1, 0.15) is 316 Å². The van der Waals surface area contributed by atoms with Crippen LogP contribution >= 0.6 is 0 Å². The average molecular weight is 994 g/mol. The van der Waals surface area contributed by atoms with Crippen molar-refractivity contribution >= 4 is 17.9 Å². The van der Waals surface area contributed by atoms with Crippen LogP contribution in [0.2, 0.25) is 0 Å². The molecule has 0 heterocycles. The highest BCUT2D eigenvalue weighted by Crippen LogP contribution is 2.17. The second-order valence-electron chi connectivity index (χ2n) is 20.6. The lowest BCUT2D eigenvalue weighted by Crippen LogP contribution is -2.30.